The van der Waals surface area contributed by atoms with Crippen LogP contribution in [0.2, 0.25) is 0 Å². The van der Waals surface area contributed by atoms with E-state index in [4.69, 9.17) is 4.74 Å². The van der Waals surface area contributed by atoms with Crippen LogP contribution in [0.4, 0.5) is 8.78 Å². The van der Waals surface area contributed by atoms with Crippen LogP contribution in [0.1, 0.15) is 44.9 Å². The van der Waals surface area contributed by atoms with Gasteiger partial charge in [0.05, 0.1) is 12.5 Å². The number of carboxylic acids is 1. The maximum atomic E-state index is 13.4. The number of carbonyl (C=O) groups is 2. The zero-order valence-corrected chi connectivity index (χ0v) is 14.0. The first-order chi connectivity index (χ1) is 12.0. The highest BCUT2D eigenvalue weighted by Gasteiger charge is 2.30. The standard InChI is InChI=1S/C18H23F2NO4/c19-12-8-9-16(14(20)11-12)25-10-4-7-17(22)21-15-6-3-1-2-5-13(15)18(23)24/h8-9,11,13,15H,1-7,10H2,(H,21,22)(H,23,24)/t13-,15+/m1/s1. The maximum Gasteiger partial charge on any atom is 0.308 e. The molecule has 1 aliphatic carbocycles. The lowest BCUT2D eigenvalue weighted by Crippen LogP contribution is -2.42. The number of benzene rings is 1. The van der Waals surface area contributed by atoms with E-state index >= 15 is 0 Å². The van der Waals surface area contributed by atoms with Gasteiger partial charge in [0.25, 0.3) is 0 Å². The first-order valence-corrected chi connectivity index (χ1v) is 8.57. The van der Waals surface area contributed by atoms with Crippen LogP contribution in [0.5, 0.6) is 5.75 Å². The summed E-state index contributed by atoms with van der Waals surface area (Å²) in [6.07, 6.45) is 4.50. The van der Waals surface area contributed by atoms with Gasteiger partial charge in [0.15, 0.2) is 11.6 Å². The summed E-state index contributed by atoms with van der Waals surface area (Å²) in [6.45, 7) is 0.114. The van der Waals surface area contributed by atoms with Gasteiger partial charge in [0.1, 0.15) is 5.82 Å². The Morgan fingerprint density at radius 3 is 2.68 bits per heavy atom. The predicted molar refractivity (Wildman–Crippen MR) is 87.2 cm³/mol. The lowest BCUT2D eigenvalue weighted by Gasteiger charge is -2.22. The number of amides is 1. The van der Waals surface area contributed by atoms with E-state index < -0.39 is 23.5 Å². The van der Waals surface area contributed by atoms with E-state index in [1.807, 2.05) is 0 Å². The largest absolute Gasteiger partial charge is 0.491 e. The Bertz CT molecular complexity index is 609. The summed E-state index contributed by atoms with van der Waals surface area (Å²) in [7, 11) is 0. The van der Waals surface area contributed by atoms with Gasteiger partial charge in [-0.25, -0.2) is 8.78 Å². The minimum absolute atomic E-state index is 0.0588. The van der Waals surface area contributed by atoms with E-state index in [1.165, 1.54) is 6.07 Å². The molecule has 1 aliphatic rings. The van der Waals surface area contributed by atoms with Crippen LogP contribution in [0, 0.1) is 17.6 Å². The fraction of sp³-hybridized carbons (Fsp3) is 0.556. The van der Waals surface area contributed by atoms with Crippen LogP contribution in [-0.2, 0) is 9.59 Å². The van der Waals surface area contributed by atoms with Gasteiger partial charge in [0, 0.05) is 18.5 Å². The van der Waals surface area contributed by atoms with E-state index in [9.17, 15) is 23.5 Å². The van der Waals surface area contributed by atoms with Gasteiger partial charge in [-0.1, -0.05) is 19.3 Å². The van der Waals surface area contributed by atoms with Crippen LogP contribution < -0.4 is 10.1 Å². The summed E-state index contributed by atoms with van der Waals surface area (Å²) in [5.74, 6) is -3.18. The Kier molecular flexibility index (Phi) is 7.16. The molecule has 1 fully saturated rings. The van der Waals surface area contributed by atoms with Gasteiger partial charge in [0.2, 0.25) is 5.91 Å². The van der Waals surface area contributed by atoms with Crippen molar-refractivity contribution in [3.63, 3.8) is 0 Å². The first-order valence-electron chi connectivity index (χ1n) is 8.57. The van der Waals surface area contributed by atoms with E-state index in [0.717, 1.165) is 31.4 Å². The molecule has 0 heterocycles. The zero-order chi connectivity index (χ0) is 18.2. The number of aliphatic carboxylic acids is 1. The average molecular weight is 355 g/mol. The lowest BCUT2D eigenvalue weighted by molar-refractivity contribution is -0.143. The Morgan fingerprint density at radius 2 is 1.96 bits per heavy atom. The Balaban J connectivity index is 1.75. The van der Waals surface area contributed by atoms with Gasteiger partial charge in [-0.05, 0) is 31.4 Å². The molecule has 5 nitrogen and oxygen atoms in total. The van der Waals surface area contributed by atoms with Gasteiger partial charge in [-0.3, -0.25) is 9.59 Å². The topological polar surface area (TPSA) is 75.6 Å². The molecule has 0 aliphatic heterocycles. The molecule has 138 valence electrons. The summed E-state index contributed by atoms with van der Waals surface area (Å²) < 4.78 is 31.4. The number of carbonyl (C=O) groups excluding carboxylic acids is 1. The number of nitrogens with one attached hydrogen (secondary N) is 1. The molecule has 0 spiro atoms. The summed E-state index contributed by atoms with van der Waals surface area (Å²) in [6, 6.07) is 2.69. The molecule has 1 saturated carbocycles. The predicted octanol–water partition coefficient (Wildman–Crippen LogP) is 3.27. The molecule has 1 aromatic rings. The van der Waals surface area contributed by atoms with Crippen molar-refractivity contribution in [2.24, 2.45) is 5.92 Å². The summed E-state index contributed by atoms with van der Waals surface area (Å²) in [5, 5.41) is 12.1. The summed E-state index contributed by atoms with van der Waals surface area (Å²) in [4.78, 5) is 23.4. The maximum absolute atomic E-state index is 13.4. The van der Waals surface area contributed by atoms with Crippen molar-refractivity contribution in [1.82, 2.24) is 5.32 Å². The van der Waals surface area contributed by atoms with Crippen LogP contribution in [0.25, 0.3) is 0 Å². The molecule has 0 saturated heterocycles. The van der Waals surface area contributed by atoms with E-state index in [0.29, 0.717) is 19.3 Å². The van der Waals surface area contributed by atoms with Crippen molar-refractivity contribution >= 4 is 11.9 Å². The number of hydrogen-bond acceptors (Lipinski definition) is 3. The third kappa shape index (κ3) is 5.99. The van der Waals surface area contributed by atoms with E-state index in [2.05, 4.69) is 5.32 Å². The molecule has 0 radical (unpaired) electrons. The summed E-state index contributed by atoms with van der Waals surface area (Å²) >= 11 is 0. The number of halogens is 2. The molecule has 2 rings (SSSR count). The smallest absolute Gasteiger partial charge is 0.308 e. The monoisotopic (exact) mass is 355 g/mol. The molecular formula is C18H23F2NO4. The highest BCUT2D eigenvalue weighted by molar-refractivity contribution is 5.78. The highest BCUT2D eigenvalue weighted by atomic mass is 19.1. The second-order valence-electron chi connectivity index (χ2n) is 6.28. The van der Waals surface area contributed by atoms with Crippen LogP contribution >= 0.6 is 0 Å². The molecule has 0 unspecified atom stereocenters. The van der Waals surface area contributed by atoms with Gasteiger partial charge < -0.3 is 15.2 Å². The van der Waals surface area contributed by atoms with Gasteiger partial charge in [-0.2, -0.15) is 0 Å². The zero-order valence-electron chi connectivity index (χ0n) is 14.0. The quantitative estimate of drug-likeness (QED) is 0.581. The second kappa shape index (κ2) is 9.34. The van der Waals surface area contributed by atoms with Crippen molar-refractivity contribution < 1.29 is 28.2 Å². The molecule has 2 N–H and O–H groups in total. The van der Waals surface area contributed by atoms with Crippen molar-refractivity contribution in [2.75, 3.05) is 6.61 Å². The fourth-order valence-electron chi connectivity index (χ4n) is 3.06. The van der Waals surface area contributed by atoms with Crippen LogP contribution in [0.15, 0.2) is 18.2 Å². The van der Waals surface area contributed by atoms with E-state index in [-0.39, 0.29) is 30.7 Å². The molecular weight excluding hydrogens is 332 g/mol. The van der Waals surface area contributed by atoms with Crippen molar-refractivity contribution in [3.05, 3.63) is 29.8 Å². The molecule has 2 atom stereocenters. The number of hydrogen-bond donors (Lipinski definition) is 2. The number of rotatable bonds is 7. The molecule has 25 heavy (non-hydrogen) atoms. The van der Waals surface area contributed by atoms with Crippen LogP contribution in [-0.4, -0.2) is 29.6 Å². The fourth-order valence-corrected chi connectivity index (χ4v) is 3.06. The first kappa shape index (κ1) is 19.1. The van der Waals surface area contributed by atoms with Gasteiger partial charge in [-0.15, -0.1) is 0 Å². The van der Waals surface area contributed by atoms with Crippen molar-refractivity contribution in [3.8, 4) is 5.75 Å². The summed E-state index contributed by atoms with van der Waals surface area (Å²) in [5.41, 5.74) is 0. The SMILES string of the molecule is O=C(CCCOc1ccc(F)cc1F)N[C@H]1CCCCC[C@H]1C(=O)O. The van der Waals surface area contributed by atoms with Gasteiger partial charge >= 0.3 is 5.97 Å². The Hall–Kier alpha value is -2.18. The van der Waals surface area contributed by atoms with E-state index in [1.54, 1.807) is 0 Å². The molecule has 0 aromatic heterocycles. The highest BCUT2D eigenvalue weighted by Crippen LogP contribution is 2.24. The second-order valence-corrected chi connectivity index (χ2v) is 6.28. The number of ether oxygens (including phenoxy) is 1. The minimum Gasteiger partial charge on any atom is -0.491 e. The third-order valence-electron chi connectivity index (χ3n) is 4.38. The van der Waals surface area contributed by atoms with Crippen molar-refractivity contribution in [1.29, 1.82) is 0 Å². The molecule has 0 bridgehead atoms. The normalized spacial score (nSPS) is 20.6. The Morgan fingerprint density at radius 1 is 1.20 bits per heavy atom. The molecule has 1 amide bonds. The third-order valence-corrected chi connectivity index (χ3v) is 4.38. The van der Waals surface area contributed by atoms with Crippen molar-refractivity contribution in [2.45, 2.75) is 51.0 Å². The average Bonchev–Trinajstić information content (AvgIpc) is 2.78. The number of carboxylic acid groups (broad SMARTS) is 1. The van der Waals surface area contributed by atoms with Crippen LogP contribution in [0.3, 0.4) is 0 Å². The minimum atomic E-state index is -0.873. The lowest BCUT2D eigenvalue weighted by atomic mass is 9.94. The molecule has 7 heteroatoms. The Labute approximate surface area is 145 Å². The molecule has 1 aromatic carbocycles.